The third-order valence-electron chi connectivity index (χ3n) is 6.62. The summed E-state index contributed by atoms with van der Waals surface area (Å²) in [5.74, 6) is 1.78. The lowest BCUT2D eigenvalue weighted by Gasteiger charge is -2.17. The highest BCUT2D eigenvalue weighted by Gasteiger charge is 2.05. The minimum Gasteiger partial charge on any atom is -0.494 e. The molecule has 0 saturated heterocycles. The zero-order valence-electron chi connectivity index (χ0n) is 21.7. The monoisotopic (exact) mass is 465 g/mol. The van der Waals surface area contributed by atoms with Gasteiger partial charge in [-0.05, 0) is 95.3 Å². The molecule has 5 heteroatoms. The molecular weight excluding hydrogens is 422 g/mol. The zero-order valence-corrected chi connectivity index (χ0v) is 21.7. The molecular formula is C29H43N3O2. The Morgan fingerprint density at radius 2 is 1.03 bits per heavy atom. The van der Waals surface area contributed by atoms with E-state index in [2.05, 4.69) is 80.0 Å². The Morgan fingerprint density at radius 3 is 1.44 bits per heavy atom. The lowest BCUT2D eigenvalue weighted by molar-refractivity contribution is 0.266. The summed E-state index contributed by atoms with van der Waals surface area (Å²) in [4.78, 5) is 9.81. The van der Waals surface area contributed by atoms with Gasteiger partial charge in [0, 0.05) is 22.9 Å². The van der Waals surface area contributed by atoms with Gasteiger partial charge in [-0.2, -0.15) is 0 Å². The number of hydrogen-bond donors (Lipinski definition) is 0. The van der Waals surface area contributed by atoms with Gasteiger partial charge in [0.05, 0.1) is 24.2 Å². The average molecular weight is 466 g/mol. The molecule has 3 aromatic rings. The summed E-state index contributed by atoms with van der Waals surface area (Å²) in [6.45, 7) is 17.1. The number of ether oxygens (including phenoxy) is 2. The molecule has 2 aromatic carbocycles. The molecule has 0 saturated carbocycles. The molecule has 0 atom stereocenters. The van der Waals surface area contributed by atoms with Gasteiger partial charge in [-0.3, -0.25) is 0 Å². The van der Waals surface area contributed by atoms with Crippen molar-refractivity contribution in [2.75, 3.05) is 52.5 Å². The number of pyridine rings is 1. The van der Waals surface area contributed by atoms with E-state index in [0.717, 1.165) is 111 Å². The minimum atomic E-state index is 0.743. The van der Waals surface area contributed by atoms with Crippen LogP contribution in [-0.2, 0) is 0 Å². The standard InChI is InChI=1S/C29H43N3O2/c1-5-31(6-2)17-9-11-19-33-26-15-13-24-21-25-14-16-27(23-29(25)30-28(24)22-26)34-20-12-10-18-32(7-3)8-4/h13-16,21-23H,5-12,17-20H2,1-4H3. The predicted molar refractivity (Wildman–Crippen MR) is 144 cm³/mol. The Morgan fingerprint density at radius 1 is 0.588 bits per heavy atom. The number of rotatable bonds is 16. The van der Waals surface area contributed by atoms with Crippen LogP contribution in [0.5, 0.6) is 11.5 Å². The van der Waals surface area contributed by atoms with E-state index in [9.17, 15) is 0 Å². The molecule has 0 N–H and O–H groups in total. The first-order chi connectivity index (χ1) is 16.7. The molecule has 0 unspecified atom stereocenters. The summed E-state index contributed by atoms with van der Waals surface area (Å²) in [5.41, 5.74) is 1.93. The van der Waals surface area contributed by atoms with Crippen molar-refractivity contribution in [2.24, 2.45) is 0 Å². The predicted octanol–water partition coefficient (Wildman–Crippen LogP) is 6.39. The molecule has 186 valence electrons. The Hall–Kier alpha value is -2.37. The second-order valence-corrected chi connectivity index (χ2v) is 8.86. The van der Waals surface area contributed by atoms with Gasteiger partial charge in [-0.25, -0.2) is 4.98 Å². The number of nitrogens with zero attached hydrogens (tertiary/aromatic N) is 3. The van der Waals surface area contributed by atoms with Crippen molar-refractivity contribution in [2.45, 2.75) is 53.4 Å². The fourth-order valence-electron chi connectivity index (χ4n) is 4.30. The summed E-state index contributed by atoms with van der Waals surface area (Å²) >= 11 is 0. The summed E-state index contributed by atoms with van der Waals surface area (Å²) in [5, 5.41) is 2.26. The smallest absolute Gasteiger partial charge is 0.121 e. The second kappa shape index (κ2) is 14.1. The van der Waals surface area contributed by atoms with Gasteiger partial charge in [0.2, 0.25) is 0 Å². The molecule has 0 amide bonds. The lowest BCUT2D eigenvalue weighted by Crippen LogP contribution is -2.24. The van der Waals surface area contributed by atoms with Crippen molar-refractivity contribution in [1.29, 1.82) is 0 Å². The molecule has 1 heterocycles. The van der Waals surface area contributed by atoms with Crippen molar-refractivity contribution in [3.63, 3.8) is 0 Å². The van der Waals surface area contributed by atoms with Gasteiger partial charge in [0.15, 0.2) is 0 Å². The first-order valence-corrected chi connectivity index (χ1v) is 13.2. The van der Waals surface area contributed by atoms with E-state index in [1.807, 2.05) is 0 Å². The second-order valence-electron chi connectivity index (χ2n) is 8.86. The first-order valence-electron chi connectivity index (χ1n) is 13.2. The van der Waals surface area contributed by atoms with Crippen LogP contribution in [0.1, 0.15) is 53.4 Å². The van der Waals surface area contributed by atoms with Crippen LogP contribution >= 0.6 is 0 Å². The van der Waals surface area contributed by atoms with E-state index in [1.54, 1.807) is 0 Å². The topological polar surface area (TPSA) is 37.8 Å². The number of fused-ring (bicyclic) bond motifs is 2. The Balaban J connectivity index is 1.54. The maximum absolute atomic E-state index is 6.02. The van der Waals surface area contributed by atoms with Crippen LogP contribution in [0.25, 0.3) is 21.8 Å². The van der Waals surface area contributed by atoms with Crippen molar-refractivity contribution >= 4 is 21.8 Å². The molecule has 0 bridgehead atoms. The van der Waals surface area contributed by atoms with Crippen LogP contribution < -0.4 is 9.47 Å². The highest BCUT2D eigenvalue weighted by atomic mass is 16.5. The molecule has 0 fully saturated rings. The average Bonchev–Trinajstić information content (AvgIpc) is 2.87. The van der Waals surface area contributed by atoms with E-state index < -0.39 is 0 Å². The molecule has 0 aliphatic heterocycles. The Labute approximate surface area is 206 Å². The zero-order chi connectivity index (χ0) is 24.2. The normalized spacial score (nSPS) is 11.7. The van der Waals surface area contributed by atoms with Crippen LogP contribution in [0.3, 0.4) is 0 Å². The van der Waals surface area contributed by atoms with E-state index in [1.165, 1.54) is 0 Å². The highest BCUT2D eigenvalue weighted by Crippen LogP contribution is 2.26. The number of benzene rings is 2. The van der Waals surface area contributed by atoms with Gasteiger partial charge in [-0.15, -0.1) is 0 Å². The molecule has 0 aliphatic rings. The minimum absolute atomic E-state index is 0.743. The van der Waals surface area contributed by atoms with Gasteiger partial charge < -0.3 is 19.3 Å². The van der Waals surface area contributed by atoms with Crippen molar-refractivity contribution in [1.82, 2.24) is 14.8 Å². The number of unbranched alkanes of at least 4 members (excludes halogenated alkanes) is 2. The van der Waals surface area contributed by atoms with Crippen molar-refractivity contribution in [3.05, 3.63) is 42.5 Å². The quantitative estimate of drug-likeness (QED) is 0.181. The van der Waals surface area contributed by atoms with E-state index in [0.29, 0.717) is 0 Å². The number of aromatic nitrogens is 1. The third kappa shape index (κ3) is 7.85. The maximum atomic E-state index is 6.02. The maximum Gasteiger partial charge on any atom is 0.121 e. The third-order valence-corrected chi connectivity index (χ3v) is 6.62. The molecule has 0 spiro atoms. The largest absolute Gasteiger partial charge is 0.494 e. The Bertz CT molecular complexity index is 922. The fourth-order valence-corrected chi connectivity index (χ4v) is 4.30. The lowest BCUT2D eigenvalue weighted by atomic mass is 10.1. The van der Waals surface area contributed by atoms with Crippen LogP contribution in [0.15, 0.2) is 42.5 Å². The van der Waals surface area contributed by atoms with E-state index in [-0.39, 0.29) is 0 Å². The molecule has 1 aromatic heterocycles. The summed E-state index contributed by atoms with van der Waals surface area (Å²) in [6, 6.07) is 14.6. The van der Waals surface area contributed by atoms with Gasteiger partial charge >= 0.3 is 0 Å². The molecule has 3 rings (SSSR count). The fraction of sp³-hybridized carbons (Fsp3) is 0.552. The van der Waals surface area contributed by atoms with Gasteiger partial charge in [-0.1, -0.05) is 27.7 Å². The van der Waals surface area contributed by atoms with Gasteiger partial charge in [0.25, 0.3) is 0 Å². The Kier molecular flexibility index (Phi) is 10.9. The SMILES string of the molecule is CCN(CC)CCCCOc1ccc2cc3ccc(OCCCCN(CC)CC)cc3nc2c1. The molecule has 5 nitrogen and oxygen atoms in total. The van der Waals surface area contributed by atoms with Crippen LogP contribution in [0, 0.1) is 0 Å². The molecule has 0 radical (unpaired) electrons. The van der Waals surface area contributed by atoms with E-state index >= 15 is 0 Å². The van der Waals surface area contributed by atoms with Crippen LogP contribution in [0.2, 0.25) is 0 Å². The number of hydrogen-bond acceptors (Lipinski definition) is 5. The first kappa shape index (κ1) is 26.2. The van der Waals surface area contributed by atoms with E-state index in [4.69, 9.17) is 14.5 Å². The van der Waals surface area contributed by atoms with Gasteiger partial charge in [0.1, 0.15) is 11.5 Å². The van der Waals surface area contributed by atoms with Crippen LogP contribution in [0.4, 0.5) is 0 Å². The molecule has 0 aliphatic carbocycles. The van der Waals surface area contributed by atoms with Crippen molar-refractivity contribution in [3.8, 4) is 11.5 Å². The summed E-state index contributed by atoms with van der Waals surface area (Å²) in [6.07, 6.45) is 4.46. The highest BCUT2D eigenvalue weighted by molar-refractivity contribution is 5.93. The van der Waals surface area contributed by atoms with Crippen molar-refractivity contribution < 1.29 is 9.47 Å². The van der Waals surface area contributed by atoms with Crippen LogP contribution in [-0.4, -0.2) is 67.3 Å². The summed E-state index contributed by atoms with van der Waals surface area (Å²) < 4.78 is 12.0. The molecule has 34 heavy (non-hydrogen) atoms. The summed E-state index contributed by atoms with van der Waals surface area (Å²) in [7, 11) is 0.